The number of hydrogen-bond acceptors (Lipinski definition) is 4. The molecule has 7 heteroatoms. The van der Waals surface area contributed by atoms with Crippen molar-refractivity contribution in [3.63, 3.8) is 0 Å². The highest BCUT2D eigenvalue weighted by Crippen LogP contribution is 2.20. The van der Waals surface area contributed by atoms with Gasteiger partial charge in [-0.3, -0.25) is 14.4 Å². The van der Waals surface area contributed by atoms with Crippen molar-refractivity contribution in [3.05, 3.63) is 101 Å². The molecule has 0 aliphatic rings. The lowest BCUT2D eigenvalue weighted by Crippen LogP contribution is -2.33. The number of carbonyl (C=O) groups excluding carboxylic acids is 3. The molecule has 3 rings (SSSR count). The number of phenols is 1. The molecule has 3 aromatic carbocycles. The zero-order chi connectivity index (χ0) is 22.2. The van der Waals surface area contributed by atoms with Gasteiger partial charge in [-0.1, -0.05) is 48.5 Å². The molecule has 0 aromatic heterocycles. The van der Waals surface area contributed by atoms with Crippen LogP contribution in [0.3, 0.4) is 0 Å². The van der Waals surface area contributed by atoms with Crippen LogP contribution in [0, 0.1) is 0 Å². The number of amides is 3. The highest BCUT2D eigenvalue weighted by Gasteiger charge is 2.13. The molecule has 7 nitrogen and oxygen atoms in total. The number of rotatable bonds is 8. The Morgan fingerprint density at radius 2 is 1.45 bits per heavy atom. The van der Waals surface area contributed by atoms with Crippen LogP contribution in [0.15, 0.2) is 72.8 Å². The van der Waals surface area contributed by atoms with E-state index in [-0.39, 0.29) is 24.4 Å². The van der Waals surface area contributed by atoms with Gasteiger partial charge in [-0.15, -0.1) is 0 Å². The minimum absolute atomic E-state index is 0.0872. The molecule has 3 amide bonds. The lowest BCUT2D eigenvalue weighted by atomic mass is 10.0. The Balaban J connectivity index is 1.61. The average Bonchev–Trinajstić information content (AvgIpc) is 2.78. The van der Waals surface area contributed by atoms with Gasteiger partial charge in [-0.05, 0) is 47.4 Å². The Labute approximate surface area is 179 Å². The summed E-state index contributed by atoms with van der Waals surface area (Å²) in [5.74, 6) is -1.51. The van der Waals surface area contributed by atoms with Crippen molar-refractivity contribution in [2.75, 3.05) is 6.54 Å². The summed E-state index contributed by atoms with van der Waals surface area (Å²) in [4.78, 5) is 35.2. The van der Waals surface area contributed by atoms with E-state index in [0.717, 1.165) is 16.7 Å². The molecule has 0 heterocycles. The third-order valence-corrected chi connectivity index (χ3v) is 4.65. The summed E-state index contributed by atoms with van der Waals surface area (Å²) < 4.78 is 0. The second-order valence-corrected chi connectivity index (χ2v) is 7.04. The Kier molecular flexibility index (Phi) is 7.01. The highest BCUT2D eigenvalue weighted by atomic mass is 16.3. The maximum absolute atomic E-state index is 12.6. The SMILES string of the molecule is NC(=O)CNC(=O)c1ccc(CNC(=O)c2cc(Cc3ccccc3)ccc2O)cc1. The van der Waals surface area contributed by atoms with E-state index in [2.05, 4.69) is 10.6 Å². The largest absolute Gasteiger partial charge is 0.507 e. The first-order chi connectivity index (χ1) is 14.9. The van der Waals surface area contributed by atoms with Gasteiger partial charge in [0.05, 0.1) is 12.1 Å². The van der Waals surface area contributed by atoms with Gasteiger partial charge in [0.15, 0.2) is 0 Å². The van der Waals surface area contributed by atoms with Gasteiger partial charge in [0.25, 0.3) is 11.8 Å². The summed E-state index contributed by atoms with van der Waals surface area (Å²) in [6, 6.07) is 21.4. The van der Waals surface area contributed by atoms with Crippen molar-refractivity contribution >= 4 is 17.7 Å². The predicted molar refractivity (Wildman–Crippen MR) is 116 cm³/mol. The van der Waals surface area contributed by atoms with Crippen LogP contribution in [0.1, 0.15) is 37.4 Å². The van der Waals surface area contributed by atoms with Gasteiger partial charge < -0.3 is 21.5 Å². The lowest BCUT2D eigenvalue weighted by molar-refractivity contribution is -0.117. The molecule has 0 aliphatic heterocycles. The van der Waals surface area contributed by atoms with Crippen LogP contribution in [0.25, 0.3) is 0 Å². The molecule has 0 spiro atoms. The van der Waals surface area contributed by atoms with E-state index in [1.807, 2.05) is 30.3 Å². The first kappa shape index (κ1) is 21.6. The zero-order valence-corrected chi connectivity index (χ0v) is 16.8. The molecule has 0 saturated heterocycles. The fourth-order valence-electron chi connectivity index (χ4n) is 3.03. The van der Waals surface area contributed by atoms with Crippen LogP contribution in [0.4, 0.5) is 0 Å². The third kappa shape index (κ3) is 6.17. The number of aromatic hydroxyl groups is 1. The molecule has 0 atom stereocenters. The molecule has 0 unspecified atom stereocenters. The smallest absolute Gasteiger partial charge is 0.255 e. The summed E-state index contributed by atoms with van der Waals surface area (Å²) in [5, 5.41) is 15.3. The molecular weight excluding hydrogens is 394 g/mol. The maximum Gasteiger partial charge on any atom is 0.255 e. The number of phenolic OH excluding ortho intramolecular Hbond substituents is 1. The maximum atomic E-state index is 12.6. The topological polar surface area (TPSA) is 122 Å². The van der Waals surface area contributed by atoms with Crippen molar-refractivity contribution in [2.45, 2.75) is 13.0 Å². The van der Waals surface area contributed by atoms with E-state index in [0.29, 0.717) is 12.0 Å². The molecule has 0 radical (unpaired) electrons. The number of hydrogen-bond donors (Lipinski definition) is 4. The Morgan fingerprint density at radius 3 is 2.13 bits per heavy atom. The van der Waals surface area contributed by atoms with Gasteiger partial charge in [0, 0.05) is 12.1 Å². The van der Waals surface area contributed by atoms with Gasteiger partial charge in [-0.25, -0.2) is 0 Å². The second kappa shape index (κ2) is 10.1. The van der Waals surface area contributed by atoms with Gasteiger partial charge >= 0.3 is 0 Å². The van der Waals surface area contributed by atoms with Gasteiger partial charge in [0.1, 0.15) is 5.75 Å². The molecule has 0 bridgehead atoms. The second-order valence-electron chi connectivity index (χ2n) is 7.04. The average molecular weight is 417 g/mol. The number of nitrogens with two attached hydrogens (primary N) is 1. The highest BCUT2D eigenvalue weighted by molar-refractivity contribution is 5.97. The first-order valence-corrected chi connectivity index (χ1v) is 9.72. The molecular formula is C24H23N3O4. The van der Waals surface area contributed by atoms with E-state index in [9.17, 15) is 19.5 Å². The number of carbonyl (C=O) groups is 3. The molecule has 31 heavy (non-hydrogen) atoms. The minimum atomic E-state index is -0.622. The van der Waals surface area contributed by atoms with E-state index in [4.69, 9.17) is 5.73 Å². The van der Waals surface area contributed by atoms with Crippen LogP contribution >= 0.6 is 0 Å². The Hall–Kier alpha value is -4.13. The first-order valence-electron chi connectivity index (χ1n) is 9.72. The van der Waals surface area contributed by atoms with E-state index in [1.54, 1.807) is 36.4 Å². The standard InChI is InChI=1S/C24H23N3O4/c25-22(29)15-27-23(30)19-9-6-17(7-10-19)14-26-24(31)20-13-18(8-11-21(20)28)12-16-4-2-1-3-5-16/h1-11,13,28H,12,14-15H2,(H2,25,29)(H,26,31)(H,27,30). The normalized spacial score (nSPS) is 10.3. The van der Waals surface area contributed by atoms with Crippen LogP contribution in [-0.4, -0.2) is 29.4 Å². The molecule has 0 saturated carbocycles. The summed E-state index contributed by atoms with van der Waals surface area (Å²) in [5.41, 5.74) is 8.39. The quantitative estimate of drug-likeness (QED) is 0.448. The summed E-state index contributed by atoms with van der Waals surface area (Å²) >= 11 is 0. The van der Waals surface area contributed by atoms with Crippen LogP contribution in [0.2, 0.25) is 0 Å². The van der Waals surface area contributed by atoms with Gasteiger partial charge in [0.2, 0.25) is 5.91 Å². The van der Waals surface area contributed by atoms with Crippen LogP contribution in [0.5, 0.6) is 5.75 Å². The number of primary amides is 1. The fraction of sp³-hybridized carbons (Fsp3) is 0.125. The summed E-state index contributed by atoms with van der Waals surface area (Å²) in [6.45, 7) is -0.00611. The van der Waals surface area contributed by atoms with E-state index >= 15 is 0 Å². The Morgan fingerprint density at radius 1 is 0.774 bits per heavy atom. The van der Waals surface area contributed by atoms with Crippen molar-refractivity contribution in [2.24, 2.45) is 5.73 Å². The molecule has 3 aromatic rings. The van der Waals surface area contributed by atoms with Crippen LogP contribution < -0.4 is 16.4 Å². The van der Waals surface area contributed by atoms with Crippen molar-refractivity contribution in [3.8, 4) is 5.75 Å². The third-order valence-electron chi connectivity index (χ3n) is 4.65. The van der Waals surface area contributed by atoms with Crippen molar-refractivity contribution in [1.29, 1.82) is 0 Å². The van der Waals surface area contributed by atoms with E-state index in [1.165, 1.54) is 6.07 Å². The molecule has 0 fully saturated rings. The minimum Gasteiger partial charge on any atom is -0.507 e. The van der Waals surface area contributed by atoms with Crippen LogP contribution in [-0.2, 0) is 17.8 Å². The van der Waals surface area contributed by atoms with E-state index < -0.39 is 17.7 Å². The molecule has 0 aliphatic carbocycles. The molecule has 158 valence electrons. The van der Waals surface area contributed by atoms with Crippen molar-refractivity contribution < 1.29 is 19.5 Å². The van der Waals surface area contributed by atoms with Crippen molar-refractivity contribution in [1.82, 2.24) is 10.6 Å². The predicted octanol–water partition coefficient (Wildman–Crippen LogP) is 2.13. The molecule has 5 N–H and O–H groups in total. The Bertz CT molecular complexity index is 1080. The number of benzene rings is 3. The lowest BCUT2D eigenvalue weighted by Gasteiger charge is -2.10. The number of nitrogens with one attached hydrogen (secondary N) is 2. The summed E-state index contributed by atoms with van der Waals surface area (Å²) in [7, 11) is 0. The fourth-order valence-corrected chi connectivity index (χ4v) is 3.03. The van der Waals surface area contributed by atoms with Gasteiger partial charge in [-0.2, -0.15) is 0 Å². The monoisotopic (exact) mass is 417 g/mol. The summed E-state index contributed by atoms with van der Waals surface area (Å²) in [6.07, 6.45) is 0.653. The zero-order valence-electron chi connectivity index (χ0n) is 16.8.